The molecule has 0 heterocycles. The van der Waals surface area contributed by atoms with Crippen LogP contribution in [0.4, 0.5) is 0 Å². The van der Waals surface area contributed by atoms with Crippen LogP contribution < -0.4 is 5.73 Å². The van der Waals surface area contributed by atoms with Crippen molar-refractivity contribution in [2.75, 3.05) is 20.1 Å². The molecule has 2 saturated carbocycles. The summed E-state index contributed by atoms with van der Waals surface area (Å²) in [4.78, 5) is 2.38. The van der Waals surface area contributed by atoms with Crippen molar-refractivity contribution in [2.24, 2.45) is 23.5 Å². The summed E-state index contributed by atoms with van der Waals surface area (Å²) in [5, 5.41) is 1.26. The SMILES string of the molecule is CN(CC1CC2CCC1C2)C(CN)c1cccc(Cl)c1Cl. The normalized spacial score (nSPS) is 29.3. The second-order valence-electron chi connectivity index (χ2n) is 6.77. The second kappa shape index (κ2) is 6.45. The second-order valence-corrected chi connectivity index (χ2v) is 7.55. The summed E-state index contributed by atoms with van der Waals surface area (Å²) in [6, 6.07) is 5.98. The highest BCUT2D eigenvalue weighted by atomic mass is 35.5. The molecule has 21 heavy (non-hydrogen) atoms. The first-order valence-corrected chi connectivity index (χ1v) is 8.70. The molecule has 0 radical (unpaired) electrons. The molecule has 4 unspecified atom stereocenters. The van der Waals surface area contributed by atoms with E-state index >= 15 is 0 Å². The molecule has 0 aliphatic heterocycles. The summed E-state index contributed by atoms with van der Waals surface area (Å²) in [6.07, 6.45) is 5.72. The van der Waals surface area contributed by atoms with Gasteiger partial charge in [-0.25, -0.2) is 0 Å². The fourth-order valence-corrected chi connectivity index (χ4v) is 4.85. The summed E-state index contributed by atoms with van der Waals surface area (Å²) in [6.45, 7) is 1.68. The van der Waals surface area contributed by atoms with Crippen LogP contribution in [-0.2, 0) is 0 Å². The third-order valence-corrected chi connectivity index (χ3v) is 6.34. The Morgan fingerprint density at radius 2 is 2.10 bits per heavy atom. The van der Waals surface area contributed by atoms with Crippen molar-refractivity contribution in [3.63, 3.8) is 0 Å². The van der Waals surface area contributed by atoms with Gasteiger partial charge in [0, 0.05) is 19.1 Å². The number of nitrogens with two attached hydrogens (primary N) is 1. The Morgan fingerprint density at radius 3 is 2.71 bits per heavy atom. The molecule has 4 heteroatoms. The minimum atomic E-state index is 0.148. The lowest BCUT2D eigenvalue weighted by atomic mass is 9.88. The highest BCUT2D eigenvalue weighted by Crippen LogP contribution is 2.48. The Labute approximate surface area is 137 Å². The van der Waals surface area contributed by atoms with E-state index in [9.17, 15) is 0 Å². The Hall–Kier alpha value is -0.280. The summed E-state index contributed by atoms with van der Waals surface area (Å²) in [5.74, 6) is 2.76. The number of halogens is 2. The lowest BCUT2D eigenvalue weighted by molar-refractivity contribution is 0.176. The van der Waals surface area contributed by atoms with Gasteiger partial charge in [-0.05, 0) is 55.7 Å². The lowest BCUT2D eigenvalue weighted by Gasteiger charge is -2.33. The fourth-order valence-electron chi connectivity index (χ4n) is 4.42. The van der Waals surface area contributed by atoms with Gasteiger partial charge in [0.25, 0.3) is 0 Å². The maximum absolute atomic E-state index is 6.38. The zero-order chi connectivity index (χ0) is 15.0. The van der Waals surface area contributed by atoms with Gasteiger partial charge in [0.05, 0.1) is 10.0 Å². The molecule has 2 aliphatic rings. The number of fused-ring (bicyclic) bond motifs is 2. The van der Waals surface area contributed by atoms with Crippen molar-refractivity contribution in [1.29, 1.82) is 0 Å². The van der Waals surface area contributed by atoms with Crippen molar-refractivity contribution in [3.8, 4) is 0 Å². The average Bonchev–Trinajstić information content (AvgIpc) is 3.06. The number of nitrogens with zero attached hydrogens (tertiary/aromatic N) is 1. The standard InChI is InChI=1S/C17H24Cl2N2/c1-21(10-13-8-11-5-6-12(13)7-11)16(9-20)14-3-2-4-15(18)17(14)19/h2-4,11-13,16H,5-10,20H2,1H3. The van der Waals surface area contributed by atoms with Crippen molar-refractivity contribution >= 4 is 23.2 Å². The molecular weight excluding hydrogens is 303 g/mol. The summed E-state index contributed by atoms with van der Waals surface area (Å²) in [5.41, 5.74) is 7.08. The van der Waals surface area contributed by atoms with Crippen LogP contribution in [0.5, 0.6) is 0 Å². The molecule has 1 aromatic rings. The van der Waals surface area contributed by atoms with E-state index in [2.05, 4.69) is 11.9 Å². The Morgan fingerprint density at radius 1 is 1.29 bits per heavy atom. The predicted molar refractivity (Wildman–Crippen MR) is 89.8 cm³/mol. The van der Waals surface area contributed by atoms with Crippen molar-refractivity contribution < 1.29 is 0 Å². The molecule has 4 atom stereocenters. The Kier molecular flexibility index (Phi) is 4.80. The number of hydrogen-bond acceptors (Lipinski definition) is 2. The minimum Gasteiger partial charge on any atom is -0.329 e. The molecule has 2 fully saturated rings. The van der Waals surface area contributed by atoms with Crippen LogP contribution in [-0.4, -0.2) is 25.0 Å². The van der Waals surface area contributed by atoms with Gasteiger partial charge in [-0.2, -0.15) is 0 Å². The van der Waals surface area contributed by atoms with Gasteiger partial charge in [0.15, 0.2) is 0 Å². The van der Waals surface area contributed by atoms with Crippen molar-refractivity contribution in [2.45, 2.75) is 31.7 Å². The van der Waals surface area contributed by atoms with Crippen LogP contribution in [0, 0.1) is 17.8 Å². The maximum atomic E-state index is 6.38. The van der Waals surface area contributed by atoms with E-state index in [4.69, 9.17) is 28.9 Å². The molecule has 2 nitrogen and oxygen atoms in total. The number of rotatable bonds is 5. The number of likely N-dealkylation sites (N-methyl/N-ethyl adjacent to an activating group) is 1. The predicted octanol–water partition coefficient (Wildman–Crippen LogP) is 4.36. The van der Waals surface area contributed by atoms with Gasteiger partial charge in [-0.15, -0.1) is 0 Å². The first-order valence-electron chi connectivity index (χ1n) is 7.94. The van der Waals surface area contributed by atoms with E-state index in [0.29, 0.717) is 16.6 Å². The van der Waals surface area contributed by atoms with E-state index in [-0.39, 0.29) is 6.04 Å². The Balaban J connectivity index is 1.72. The summed E-state index contributed by atoms with van der Waals surface area (Å²) < 4.78 is 0. The lowest BCUT2D eigenvalue weighted by Crippen LogP contribution is -2.35. The highest BCUT2D eigenvalue weighted by molar-refractivity contribution is 6.42. The zero-order valence-electron chi connectivity index (χ0n) is 12.6. The quantitative estimate of drug-likeness (QED) is 0.870. The van der Waals surface area contributed by atoms with Crippen LogP contribution in [0.2, 0.25) is 10.0 Å². The third kappa shape index (κ3) is 3.10. The molecule has 116 valence electrons. The van der Waals surface area contributed by atoms with E-state index in [1.807, 2.05) is 18.2 Å². The van der Waals surface area contributed by atoms with Crippen molar-refractivity contribution in [3.05, 3.63) is 33.8 Å². The monoisotopic (exact) mass is 326 g/mol. The molecule has 2 aliphatic carbocycles. The topological polar surface area (TPSA) is 29.3 Å². The van der Waals surface area contributed by atoms with E-state index in [1.54, 1.807) is 0 Å². The maximum Gasteiger partial charge on any atom is 0.0640 e. The first-order chi connectivity index (χ1) is 10.1. The van der Waals surface area contributed by atoms with Gasteiger partial charge in [-0.3, -0.25) is 4.90 Å². The molecule has 0 amide bonds. The Bertz CT molecular complexity index is 506. The highest BCUT2D eigenvalue weighted by Gasteiger charge is 2.40. The summed E-state index contributed by atoms with van der Waals surface area (Å²) >= 11 is 12.5. The molecule has 0 aromatic heterocycles. The smallest absolute Gasteiger partial charge is 0.0640 e. The molecule has 3 rings (SSSR count). The van der Waals surface area contributed by atoms with Gasteiger partial charge < -0.3 is 5.73 Å². The van der Waals surface area contributed by atoms with Crippen LogP contribution in [0.25, 0.3) is 0 Å². The number of benzene rings is 1. The molecule has 2 N–H and O–H groups in total. The molecule has 1 aromatic carbocycles. The van der Waals surface area contributed by atoms with E-state index in [1.165, 1.54) is 25.7 Å². The fraction of sp³-hybridized carbons (Fsp3) is 0.647. The minimum absolute atomic E-state index is 0.148. The molecule has 0 spiro atoms. The number of hydrogen-bond donors (Lipinski definition) is 1. The largest absolute Gasteiger partial charge is 0.329 e. The van der Waals surface area contributed by atoms with Gasteiger partial charge in [-0.1, -0.05) is 41.8 Å². The van der Waals surface area contributed by atoms with Crippen LogP contribution in [0.1, 0.15) is 37.3 Å². The molecule has 0 saturated heterocycles. The third-order valence-electron chi connectivity index (χ3n) is 5.50. The molecule has 2 bridgehead atoms. The average molecular weight is 327 g/mol. The van der Waals surface area contributed by atoms with Gasteiger partial charge in [0.1, 0.15) is 0 Å². The van der Waals surface area contributed by atoms with Crippen LogP contribution in [0.3, 0.4) is 0 Å². The van der Waals surface area contributed by atoms with Crippen molar-refractivity contribution in [1.82, 2.24) is 4.90 Å². The van der Waals surface area contributed by atoms with E-state index in [0.717, 1.165) is 29.9 Å². The molecular formula is C17H24Cl2N2. The van der Waals surface area contributed by atoms with Gasteiger partial charge >= 0.3 is 0 Å². The van der Waals surface area contributed by atoms with Crippen LogP contribution in [0.15, 0.2) is 18.2 Å². The van der Waals surface area contributed by atoms with Gasteiger partial charge in [0.2, 0.25) is 0 Å². The zero-order valence-corrected chi connectivity index (χ0v) is 14.1. The van der Waals surface area contributed by atoms with E-state index < -0.39 is 0 Å². The first kappa shape index (κ1) is 15.6. The summed E-state index contributed by atoms with van der Waals surface area (Å²) in [7, 11) is 2.17. The van der Waals surface area contributed by atoms with Crippen LogP contribution >= 0.6 is 23.2 Å².